The molecule has 1 aliphatic carbocycles. The van der Waals surface area contributed by atoms with E-state index in [1.807, 2.05) is 6.92 Å². The molecular formula is C17H22N4O3S2. The average Bonchev–Trinajstić information content (AvgIpc) is 2.98. The lowest BCUT2D eigenvalue weighted by Gasteiger charge is -2.12. The molecule has 0 radical (unpaired) electrons. The summed E-state index contributed by atoms with van der Waals surface area (Å²) in [6.45, 7) is 4.61. The summed E-state index contributed by atoms with van der Waals surface area (Å²) in [5, 5.41) is 6.04. The molecule has 0 aromatic carbocycles. The van der Waals surface area contributed by atoms with Gasteiger partial charge >= 0.3 is 6.03 Å². The van der Waals surface area contributed by atoms with Gasteiger partial charge in [-0.2, -0.15) is 0 Å². The highest BCUT2D eigenvalue weighted by Crippen LogP contribution is 2.34. The van der Waals surface area contributed by atoms with E-state index in [1.54, 1.807) is 22.8 Å². The zero-order chi connectivity index (χ0) is 18.7. The van der Waals surface area contributed by atoms with Crippen LogP contribution in [0.4, 0.5) is 4.79 Å². The van der Waals surface area contributed by atoms with Crippen LogP contribution in [0.25, 0.3) is 10.2 Å². The quantitative estimate of drug-likeness (QED) is 0.600. The molecule has 0 fully saturated rings. The number of thioether (sulfide) groups is 1. The number of thiophene rings is 1. The van der Waals surface area contributed by atoms with E-state index >= 15 is 0 Å². The van der Waals surface area contributed by atoms with Crippen molar-refractivity contribution >= 4 is 45.3 Å². The van der Waals surface area contributed by atoms with Crippen molar-refractivity contribution in [2.75, 3.05) is 12.3 Å². The van der Waals surface area contributed by atoms with Crippen LogP contribution in [-0.2, 0) is 24.2 Å². The molecule has 2 aromatic heterocycles. The highest BCUT2D eigenvalue weighted by molar-refractivity contribution is 7.99. The molecule has 0 spiro atoms. The van der Waals surface area contributed by atoms with Crippen LogP contribution in [0, 0.1) is 0 Å². The van der Waals surface area contributed by atoms with Crippen molar-refractivity contribution in [1.29, 1.82) is 0 Å². The van der Waals surface area contributed by atoms with Gasteiger partial charge in [0.1, 0.15) is 4.83 Å². The largest absolute Gasteiger partial charge is 0.338 e. The highest BCUT2D eigenvalue weighted by Gasteiger charge is 2.22. The smallest absolute Gasteiger partial charge is 0.321 e. The van der Waals surface area contributed by atoms with Crippen LogP contribution >= 0.6 is 23.1 Å². The van der Waals surface area contributed by atoms with E-state index < -0.39 is 11.9 Å². The first-order chi connectivity index (χ1) is 12.5. The third kappa shape index (κ3) is 3.78. The highest BCUT2D eigenvalue weighted by atomic mass is 32.2. The summed E-state index contributed by atoms with van der Waals surface area (Å²) < 4.78 is 1.62. The van der Waals surface area contributed by atoms with E-state index in [1.165, 1.54) is 22.2 Å². The van der Waals surface area contributed by atoms with Gasteiger partial charge in [0.2, 0.25) is 5.91 Å². The molecule has 0 atom stereocenters. The summed E-state index contributed by atoms with van der Waals surface area (Å²) in [6, 6.07) is -0.514. The molecular weight excluding hydrogens is 372 g/mol. The minimum Gasteiger partial charge on any atom is -0.338 e. The van der Waals surface area contributed by atoms with E-state index in [0.29, 0.717) is 18.2 Å². The molecule has 3 rings (SSSR count). The third-order valence-corrected chi connectivity index (χ3v) is 6.44. The van der Waals surface area contributed by atoms with Crippen LogP contribution in [0.5, 0.6) is 0 Å². The summed E-state index contributed by atoms with van der Waals surface area (Å²) in [6.07, 6.45) is 4.22. The molecule has 2 heterocycles. The molecule has 9 heteroatoms. The Morgan fingerprint density at radius 3 is 2.77 bits per heavy atom. The molecule has 0 bridgehead atoms. The van der Waals surface area contributed by atoms with Crippen LogP contribution in [0.2, 0.25) is 0 Å². The number of hydrogen-bond acceptors (Lipinski definition) is 6. The van der Waals surface area contributed by atoms with Gasteiger partial charge < -0.3 is 5.32 Å². The van der Waals surface area contributed by atoms with Crippen LogP contribution < -0.4 is 16.2 Å². The number of carbonyl (C=O) groups is 2. The fraction of sp³-hybridized carbons (Fsp3) is 0.529. The topological polar surface area (TPSA) is 93.1 Å². The molecule has 140 valence electrons. The standard InChI is InChI=1S/C17H22N4O3S2/c1-3-18-16(24)19-12(22)9-25-17-20-14-13(15(23)21(17)4-2)10-7-5-6-8-11(10)26-14/h3-9H2,1-2H3,(H2,18,19,22,24). The predicted octanol–water partition coefficient (Wildman–Crippen LogP) is 2.29. The summed E-state index contributed by atoms with van der Waals surface area (Å²) in [4.78, 5) is 43.0. The normalized spacial score (nSPS) is 13.5. The lowest BCUT2D eigenvalue weighted by atomic mass is 9.97. The molecule has 26 heavy (non-hydrogen) atoms. The van der Waals surface area contributed by atoms with E-state index in [-0.39, 0.29) is 11.3 Å². The van der Waals surface area contributed by atoms with Crippen molar-refractivity contribution in [2.24, 2.45) is 0 Å². The number of rotatable bonds is 5. The van der Waals surface area contributed by atoms with E-state index in [4.69, 9.17) is 0 Å². The number of urea groups is 1. The van der Waals surface area contributed by atoms with Crippen molar-refractivity contribution in [3.05, 3.63) is 20.8 Å². The van der Waals surface area contributed by atoms with Crippen molar-refractivity contribution in [2.45, 2.75) is 51.2 Å². The second-order valence-electron chi connectivity index (χ2n) is 6.03. The number of aryl methyl sites for hydroxylation is 2. The van der Waals surface area contributed by atoms with Crippen LogP contribution in [-0.4, -0.2) is 33.8 Å². The van der Waals surface area contributed by atoms with Gasteiger partial charge in [0, 0.05) is 18.0 Å². The Labute approximate surface area is 159 Å². The maximum Gasteiger partial charge on any atom is 0.321 e. The van der Waals surface area contributed by atoms with Crippen molar-refractivity contribution < 1.29 is 9.59 Å². The molecule has 2 N–H and O–H groups in total. The van der Waals surface area contributed by atoms with E-state index in [0.717, 1.165) is 35.9 Å². The van der Waals surface area contributed by atoms with Crippen molar-refractivity contribution in [3.8, 4) is 0 Å². The molecule has 0 unspecified atom stereocenters. The zero-order valence-corrected chi connectivity index (χ0v) is 16.5. The number of nitrogens with zero attached hydrogens (tertiary/aromatic N) is 2. The summed E-state index contributed by atoms with van der Waals surface area (Å²) in [7, 11) is 0. The van der Waals surface area contributed by atoms with Crippen molar-refractivity contribution in [1.82, 2.24) is 20.2 Å². The summed E-state index contributed by atoms with van der Waals surface area (Å²) >= 11 is 2.78. The summed E-state index contributed by atoms with van der Waals surface area (Å²) in [5.74, 6) is -0.386. The number of fused-ring (bicyclic) bond motifs is 3. The molecule has 2 aromatic rings. The van der Waals surface area contributed by atoms with Gasteiger partial charge in [-0.05, 0) is 45.1 Å². The van der Waals surface area contributed by atoms with Crippen molar-refractivity contribution in [3.63, 3.8) is 0 Å². The first-order valence-electron chi connectivity index (χ1n) is 8.80. The van der Waals surface area contributed by atoms with Crippen LogP contribution in [0.15, 0.2) is 9.95 Å². The van der Waals surface area contributed by atoms with Gasteiger partial charge in [0.15, 0.2) is 5.16 Å². The Morgan fingerprint density at radius 1 is 1.27 bits per heavy atom. The monoisotopic (exact) mass is 394 g/mol. The fourth-order valence-electron chi connectivity index (χ4n) is 3.11. The van der Waals surface area contributed by atoms with Gasteiger partial charge in [0.05, 0.1) is 11.1 Å². The Balaban J connectivity index is 1.85. The average molecular weight is 395 g/mol. The molecule has 1 aliphatic rings. The Hall–Kier alpha value is -1.87. The molecule has 0 saturated carbocycles. The molecule has 7 nitrogen and oxygen atoms in total. The van der Waals surface area contributed by atoms with E-state index in [2.05, 4.69) is 15.6 Å². The minimum absolute atomic E-state index is 0.0245. The van der Waals surface area contributed by atoms with Gasteiger partial charge in [-0.3, -0.25) is 19.5 Å². The molecule has 3 amide bonds. The Bertz CT molecular complexity index is 904. The summed E-state index contributed by atoms with van der Waals surface area (Å²) in [5.41, 5.74) is 1.14. The minimum atomic E-state index is -0.514. The second-order valence-corrected chi connectivity index (χ2v) is 8.06. The van der Waals surface area contributed by atoms with Crippen LogP contribution in [0.3, 0.4) is 0 Å². The first-order valence-corrected chi connectivity index (χ1v) is 10.6. The maximum atomic E-state index is 13.0. The van der Waals surface area contributed by atoms with Gasteiger partial charge in [-0.1, -0.05) is 11.8 Å². The molecule has 0 aliphatic heterocycles. The predicted molar refractivity (Wildman–Crippen MR) is 104 cm³/mol. The second kappa shape index (κ2) is 8.22. The molecule has 0 saturated heterocycles. The van der Waals surface area contributed by atoms with E-state index in [9.17, 15) is 14.4 Å². The zero-order valence-electron chi connectivity index (χ0n) is 14.9. The number of amides is 3. The lowest BCUT2D eigenvalue weighted by Crippen LogP contribution is -2.40. The third-order valence-electron chi connectivity index (χ3n) is 4.28. The number of aromatic nitrogens is 2. The number of imide groups is 1. The van der Waals surface area contributed by atoms with Gasteiger partial charge in [-0.15, -0.1) is 11.3 Å². The Morgan fingerprint density at radius 2 is 2.04 bits per heavy atom. The maximum absolute atomic E-state index is 13.0. The lowest BCUT2D eigenvalue weighted by molar-refractivity contribution is -0.117. The SMILES string of the molecule is CCNC(=O)NC(=O)CSc1nc2sc3c(c2c(=O)n1CC)CCCC3. The number of nitrogens with one attached hydrogen (secondary N) is 2. The van der Waals surface area contributed by atoms with Gasteiger partial charge in [-0.25, -0.2) is 9.78 Å². The number of carbonyl (C=O) groups excluding carboxylic acids is 2. The van der Waals surface area contributed by atoms with Gasteiger partial charge in [0.25, 0.3) is 5.56 Å². The number of hydrogen-bond donors (Lipinski definition) is 2. The van der Waals surface area contributed by atoms with Crippen LogP contribution in [0.1, 0.15) is 37.1 Å². The Kier molecular flexibility index (Phi) is 5.98. The fourth-order valence-corrected chi connectivity index (χ4v) is 5.27. The first kappa shape index (κ1) is 18.9.